The minimum atomic E-state index is 0.207. The number of hydrogen-bond donors (Lipinski definition) is 3. The fraction of sp³-hybridized carbons (Fsp3) is 0.154. The summed E-state index contributed by atoms with van der Waals surface area (Å²) in [5.41, 5.74) is 8.17. The summed E-state index contributed by atoms with van der Waals surface area (Å²) >= 11 is 5.85. The van der Waals surface area contributed by atoms with Gasteiger partial charge in [-0.05, 0) is 24.1 Å². The number of fused-ring (bicyclic) bond motifs is 1. The molecule has 4 N–H and O–H groups in total. The van der Waals surface area contributed by atoms with Crippen LogP contribution < -0.4 is 11.1 Å². The number of benzene rings is 1. The van der Waals surface area contributed by atoms with Gasteiger partial charge in [-0.15, -0.1) is 0 Å². The summed E-state index contributed by atoms with van der Waals surface area (Å²) in [5.74, 6) is 0.873. The van der Waals surface area contributed by atoms with Gasteiger partial charge in [0.1, 0.15) is 5.52 Å². The minimum Gasteiger partial charge on any atom is -0.368 e. The maximum absolute atomic E-state index is 5.85. The number of anilines is 2. The van der Waals surface area contributed by atoms with Crippen molar-refractivity contribution < 1.29 is 0 Å². The molecule has 0 amide bonds. The summed E-state index contributed by atoms with van der Waals surface area (Å²) in [7, 11) is 0. The Bertz CT molecular complexity index is 721. The smallest absolute Gasteiger partial charge is 0.224 e. The van der Waals surface area contributed by atoms with E-state index in [1.54, 1.807) is 6.33 Å². The molecule has 7 heteroatoms. The molecule has 2 aromatic heterocycles. The molecule has 3 aromatic rings. The number of rotatable bonds is 4. The van der Waals surface area contributed by atoms with Crippen molar-refractivity contribution in [3.8, 4) is 0 Å². The molecule has 0 aliphatic heterocycles. The summed E-state index contributed by atoms with van der Waals surface area (Å²) in [6, 6.07) is 7.77. The zero-order valence-electron chi connectivity index (χ0n) is 10.6. The maximum atomic E-state index is 5.85. The molecule has 20 heavy (non-hydrogen) atoms. The van der Waals surface area contributed by atoms with Gasteiger partial charge in [-0.1, -0.05) is 23.7 Å². The zero-order valence-corrected chi connectivity index (χ0v) is 11.4. The number of halogens is 1. The second-order valence-electron chi connectivity index (χ2n) is 4.33. The molecule has 6 nitrogen and oxygen atoms in total. The third-order valence-corrected chi connectivity index (χ3v) is 3.17. The van der Waals surface area contributed by atoms with Gasteiger partial charge in [0.2, 0.25) is 5.95 Å². The van der Waals surface area contributed by atoms with Crippen LogP contribution in [0, 0.1) is 0 Å². The lowest BCUT2D eigenvalue weighted by molar-refractivity contribution is 1.01. The molecule has 3 rings (SSSR count). The first-order valence-electron chi connectivity index (χ1n) is 6.17. The average molecular weight is 289 g/mol. The molecule has 0 aliphatic carbocycles. The number of aromatic nitrogens is 4. The molecule has 0 unspecified atom stereocenters. The third-order valence-electron chi connectivity index (χ3n) is 2.92. The first-order chi connectivity index (χ1) is 9.72. The van der Waals surface area contributed by atoms with E-state index in [1.165, 1.54) is 5.56 Å². The second-order valence-corrected chi connectivity index (χ2v) is 4.77. The molecule has 0 fully saturated rings. The third kappa shape index (κ3) is 2.65. The highest BCUT2D eigenvalue weighted by Crippen LogP contribution is 2.17. The van der Waals surface area contributed by atoms with Gasteiger partial charge in [0.25, 0.3) is 0 Å². The number of imidazole rings is 1. The van der Waals surface area contributed by atoms with Crippen LogP contribution >= 0.6 is 11.6 Å². The van der Waals surface area contributed by atoms with Crippen LogP contribution in [-0.4, -0.2) is 26.5 Å². The monoisotopic (exact) mass is 288 g/mol. The zero-order chi connectivity index (χ0) is 13.9. The Labute approximate surface area is 120 Å². The van der Waals surface area contributed by atoms with Gasteiger partial charge in [0.05, 0.1) is 6.33 Å². The van der Waals surface area contributed by atoms with Gasteiger partial charge >= 0.3 is 0 Å². The molecule has 0 spiro atoms. The largest absolute Gasteiger partial charge is 0.368 e. The van der Waals surface area contributed by atoms with Gasteiger partial charge in [0.15, 0.2) is 11.5 Å². The van der Waals surface area contributed by atoms with Gasteiger partial charge in [0, 0.05) is 11.6 Å². The molecule has 102 valence electrons. The van der Waals surface area contributed by atoms with E-state index in [9.17, 15) is 0 Å². The van der Waals surface area contributed by atoms with Gasteiger partial charge < -0.3 is 16.0 Å². The molecule has 0 aliphatic rings. The predicted molar refractivity (Wildman–Crippen MR) is 79.7 cm³/mol. The number of hydrogen-bond acceptors (Lipinski definition) is 5. The lowest BCUT2D eigenvalue weighted by Gasteiger charge is -2.07. The minimum absolute atomic E-state index is 0.207. The van der Waals surface area contributed by atoms with Crippen LogP contribution in [0.2, 0.25) is 5.02 Å². The average Bonchev–Trinajstić information content (AvgIpc) is 2.89. The standard InChI is InChI=1S/C13H13ClN6/c14-9-3-1-8(2-4-9)5-6-16-11-10-12(18-7-17-10)20-13(15)19-11/h1-4,7H,5-6H2,(H4,15,16,17,18,19,20). The summed E-state index contributed by atoms with van der Waals surface area (Å²) in [6.07, 6.45) is 2.43. The summed E-state index contributed by atoms with van der Waals surface area (Å²) in [4.78, 5) is 15.3. The number of H-pyrrole nitrogens is 1. The summed E-state index contributed by atoms with van der Waals surface area (Å²) in [5, 5.41) is 3.98. The Morgan fingerprint density at radius 1 is 1.20 bits per heavy atom. The first kappa shape index (κ1) is 12.7. The highest BCUT2D eigenvalue weighted by atomic mass is 35.5. The van der Waals surface area contributed by atoms with Crippen molar-refractivity contribution in [3.05, 3.63) is 41.2 Å². The number of nitrogens with two attached hydrogens (primary N) is 1. The van der Waals surface area contributed by atoms with Crippen LogP contribution in [0.3, 0.4) is 0 Å². The first-order valence-corrected chi connectivity index (χ1v) is 6.55. The van der Waals surface area contributed by atoms with Crippen molar-refractivity contribution in [2.75, 3.05) is 17.6 Å². The van der Waals surface area contributed by atoms with E-state index in [-0.39, 0.29) is 5.95 Å². The quantitative estimate of drug-likeness (QED) is 0.685. The highest BCUT2D eigenvalue weighted by Gasteiger charge is 2.07. The summed E-state index contributed by atoms with van der Waals surface area (Å²) < 4.78 is 0. The normalized spacial score (nSPS) is 10.8. The SMILES string of the molecule is Nc1nc(NCCc2ccc(Cl)cc2)c2[nH]cnc2n1. The number of nitrogens with zero attached hydrogens (tertiary/aromatic N) is 3. The molecular formula is C13H13ClN6. The van der Waals surface area contributed by atoms with E-state index < -0.39 is 0 Å². The molecule has 0 saturated carbocycles. The van der Waals surface area contributed by atoms with Crippen molar-refractivity contribution in [2.45, 2.75) is 6.42 Å². The molecule has 0 radical (unpaired) electrons. The summed E-state index contributed by atoms with van der Waals surface area (Å²) in [6.45, 7) is 0.728. The van der Waals surface area contributed by atoms with Crippen molar-refractivity contribution >= 4 is 34.5 Å². The van der Waals surface area contributed by atoms with Crippen LogP contribution in [0.5, 0.6) is 0 Å². The van der Waals surface area contributed by atoms with Gasteiger partial charge in [-0.3, -0.25) is 0 Å². The Balaban J connectivity index is 1.70. The Kier molecular flexibility index (Phi) is 3.39. The molecular weight excluding hydrogens is 276 g/mol. The Morgan fingerprint density at radius 3 is 2.80 bits per heavy atom. The van der Waals surface area contributed by atoms with E-state index in [0.717, 1.165) is 23.5 Å². The topological polar surface area (TPSA) is 92.5 Å². The van der Waals surface area contributed by atoms with Crippen LogP contribution in [0.25, 0.3) is 11.2 Å². The van der Waals surface area contributed by atoms with Crippen LogP contribution in [0.4, 0.5) is 11.8 Å². The van der Waals surface area contributed by atoms with Gasteiger partial charge in [-0.25, -0.2) is 4.98 Å². The number of nitrogens with one attached hydrogen (secondary N) is 2. The molecule has 0 saturated heterocycles. The van der Waals surface area contributed by atoms with E-state index in [4.69, 9.17) is 17.3 Å². The van der Waals surface area contributed by atoms with Gasteiger partial charge in [-0.2, -0.15) is 9.97 Å². The van der Waals surface area contributed by atoms with Crippen molar-refractivity contribution in [3.63, 3.8) is 0 Å². The van der Waals surface area contributed by atoms with E-state index in [1.807, 2.05) is 24.3 Å². The Morgan fingerprint density at radius 2 is 2.00 bits per heavy atom. The fourth-order valence-electron chi connectivity index (χ4n) is 1.95. The Hall–Kier alpha value is -2.34. The van der Waals surface area contributed by atoms with Crippen LogP contribution in [0.15, 0.2) is 30.6 Å². The number of nitrogen functional groups attached to an aromatic ring is 1. The molecule has 1 aromatic carbocycles. The molecule has 0 bridgehead atoms. The van der Waals surface area contributed by atoms with E-state index in [0.29, 0.717) is 11.5 Å². The number of aromatic amines is 1. The van der Waals surface area contributed by atoms with Crippen LogP contribution in [0.1, 0.15) is 5.56 Å². The van der Waals surface area contributed by atoms with Crippen LogP contribution in [-0.2, 0) is 6.42 Å². The second kappa shape index (κ2) is 5.34. The van der Waals surface area contributed by atoms with E-state index >= 15 is 0 Å². The maximum Gasteiger partial charge on any atom is 0.224 e. The van der Waals surface area contributed by atoms with Crippen molar-refractivity contribution in [2.24, 2.45) is 0 Å². The fourth-order valence-corrected chi connectivity index (χ4v) is 2.08. The van der Waals surface area contributed by atoms with E-state index in [2.05, 4.69) is 25.3 Å². The van der Waals surface area contributed by atoms with Crippen molar-refractivity contribution in [1.82, 2.24) is 19.9 Å². The highest BCUT2D eigenvalue weighted by molar-refractivity contribution is 6.30. The lowest BCUT2D eigenvalue weighted by Crippen LogP contribution is -2.08. The van der Waals surface area contributed by atoms with Crippen molar-refractivity contribution in [1.29, 1.82) is 0 Å². The lowest BCUT2D eigenvalue weighted by atomic mass is 10.1. The molecule has 2 heterocycles. The molecule has 0 atom stereocenters. The predicted octanol–water partition coefficient (Wildman–Crippen LogP) is 2.24.